The van der Waals surface area contributed by atoms with Gasteiger partial charge in [-0.3, -0.25) is 4.79 Å². The second-order valence-electron chi connectivity index (χ2n) is 6.33. The molecule has 0 spiro atoms. The number of anilines is 1. The molecule has 0 unspecified atom stereocenters. The van der Waals surface area contributed by atoms with Crippen LogP contribution in [0.4, 0.5) is 5.69 Å². The van der Waals surface area contributed by atoms with Crippen molar-refractivity contribution in [2.45, 2.75) is 31.2 Å². The lowest BCUT2D eigenvalue weighted by atomic mass is 10.1. The first-order valence-electron chi connectivity index (χ1n) is 9.00. The minimum atomic E-state index is -3.69. The molecule has 0 aliphatic heterocycles. The van der Waals surface area contributed by atoms with Crippen LogP contribution in [-0.2, 0) is 23.0 Å². The molecule has 1 amide bonds. The lowest BCUT2D eigenvalue weighted by Gasteiger charge is -2.08. The SMILES string of the molecule is CCCc1ccc(NC(=O)c2ccc(S(=O)(=O)NCc3ccco3)cc2)cc1. The third-order valence-electron chi connectivity index (χ3n) is 4.19. The molecule has 3 aromatic rings. The van der Waals surface area contributed by atoms with Crippen molar-refractivity contribution in [3.63, 3.8) is 0 Å². The Morgan fingerprint density at radius 1 is 1.00 bits per heavy atom. The molecule has 146 valence electrons. The first kappa shape index (κ1) is 19.9. The highest BCUT2D eigenvalue weighted by atomic mass is 32.2. The smallest absolute Gasteiger partial charge is 0.255 e. The van der Waals surface area contributed by atoms with Crippen LogP contribution in [0.25, 0.3) is 0 Å². The van der Waals surface area contributed by atoms with E-state index < -0.39 is 10.0 Å². The zero-order valence-corrected chi connectivity index (χ0v) is 16.3. The van der Waals surface area contributed by atoms with E-state index in [1.165, 1.54) is 36.1 Å². The zero-order chi connectivity index (χ0) is 20.0. The summed E-state index contributed by atoms with van der Waals surface area (Å²) in [5.74, 6) is 0.222. The van der Waals surface area contributed by atoms with Crippen molar-refractivity contribution < 1.29 is 17.6 Å². The highest BCUT2D eigenvalue weighted by molar-refractivity contribution is 7.89. The van der Waals surface area contributed by atoms with Gasteiger partial charge in [0, 0.05) is 11.3 Å². The van der Waals surface area contributed by atoms with Crippen LogP contribution in [0.5, 0.6) is 0 Å². The van der Waals surface area contributed by atoms with Gasteiger partial charge in [-0.15, -0.1) is 0 Å². The predicted octanol–water partition coefficient (Wildman–Crippen LogP) is 3.96. The van der Waals surface area contributed by atoms with Gasteiger partial charge in [0.1, 0.15) is 5.76 Å². The van der Waals surface area contributed by atoms with Gasteiger partial charge in [0.15, 0.2) is 0 Å². The molecule has 0 bridgehead atoms. The fraction of sp³-hybridized carbons (Fsp3) is 0.190. The van der Waals surface area contributed by atoms with Crippen molar-refractivity contribution in [2.24, 2.45) is 0 Å². The molecule has 0 radical (unpaired) electrons. The van der Waals surface area contributed by atoms with Gasteiger partial charge in [0.2, 0.25) is 10.0 Å². The Kier molecular flexibility index (Phi) is 6.28. The largest absolute Gasteiger partial charge is 0.468 e. The number of nitrogens with one attached hydrogen (secondary N) is 2. The van der Waals surface area contributed by atoms with Gasteiger partial charge in [-0.2, -0.15) is 0 Å². The van der Waals surface area contributed by atoms with Gasteiger partial charge < -0.3 is 9.73 Å². The first-order valence-corrected chi connectivity index (χ1v) is 10.5. The molecule has 0 aliphatic rings. The molecular formula is C21H22N2O4S. The number of furan rings is 1. The van der Waals surface area contributed by atoms with Crippen molar-refractivity contribution in [2.75, 3.05) is 5.32 Å². The summed E-state index contributed by atoms with van der Waals surface area (Å²) in [7, 11) is -3.69. The first-order chi connectivity index (χ1) is 13.5. The summed E-state index contributed by atoms with van der Waals surface area (Å²) >= 11 is 0. The Bertz CT molecular complexity index is 1010. The Morgan fingerprint density at radius 2 is 1.71 bits per heavy atom. The number of hydrogen-bond acceptors (Lipinski definition) is 4. The van der Waals surface area contributed by atoms with Crippen LogP contribution in [0.1, 0.15) is 35.0 Å². The zero-order valence-electron chi connectivity index (χ0n) is 15.5. The van der Waals surface area contributed by atoms with Gasteiger partial charge in [0.05, 0.1) is 17.7 Å². The summed E-state index contributed by atoms with van der Waals surface area (Å²) < 4.78 is 32.2. The lowest BCUT2D eigenvalue weighted by molar-refractivity contribution is 0.102. The monoisotopic (exact) mass is 398 g/mol. The molecule has 0 saturated carbocycles. The van der Waals surface area contributed by atoms with Crippen LogP contribution in [0.15, 0.2) is 76.2 Å². The van der Waals surface area contributed by atoms with Gasteiger partial charge >= 0.3 is 0 Å². The average Bonchev–Trinajstić information content (AvgIpc) is 3.22. The van der Waals surface area contributed by atoms with E-state index in [0.717, 1.165) is 12.8 Å². The van der Waals surface area contributed by atoms with E-state index in [1.807, 2.05) is 24.3 Å². The van der Waals surface area contributed by atoms with Crippen molar-refractivity contribution in [3.8, 4) is 0 Å². The molecule has 1 heterocycles. The summed E-state index contributed by atoms with van der Waals surface area (Å²) in [5, 5.41) is 2.81. The molecule has 0 fully saturated rings. The number of aryl methyl sites for hydroxylation is 1. The van der Waals surface area contributed by atoms with Gasteiger partial charge in [0.25, 0.3) is 5.91 Å². The third-order valence-corrected chi connectivity index (χ3v) is 5.61. The van der Waals surface area contributed by atoms with Gasteiger partial charge in [-0.05, 0) is 60.5 Å². The Labute approximate surface area is 164 Å². The summed E-state index contributed by atoms with van der Waals surface area (Å²) in [5.41, 5.74) is 2.29. The Balaban J connectivity index is 1.63. The van der Waals surface area contributed by atoms with Crippen molar-refractivity contribution in [1.82, 2.24) is 4.72 Å². The molecule has 28 heavy (non-hydrogen) atoms. The lowest BCUT2D eigenvalue weighted by Crippen LogP contribution is -2.23. The second kappa shape index (κ2) is 8.86. The normalized spacial score (nSPS) is 11.3. The van der Waals surface area contributed by atoms with Crippen LogP contribution >= 0.6 is 0 Å². The third kappa shape index (κ3) is 5.09. The molecule has 2 aromatic carbocycles. The van der Waals surface area contributed by atoms with Crippen LogP contribution in [0.2, 0.25) is 0 Å². The van der Waals surface area contributed by atoms with Crippen molar-refractivity contribution in [3.05, 3.63) is 83.8 Å². The number of benzene rings is 2. The molecule has 0 atom stereocenters. The number of sulfonamides is 1. The number of rotatable bonds is 8. The highest BCUT2D eigenvalue weighted by Crippen LogP contribution is 2.15. The van der Waals surface area contributed by atoms with E-state index in [0.29, 0.717) is 17.0 Å². The van der Waals surface area contributed by atoms with Crippen LogP contribution in [0, 0.1) is 0 Å². The molecule has 6 nitrogen and oxygen atoms in total. The van der Waals surface area contributed by atoms with E-state index in [2.05, 4.69) is 17.0 Å². The molecule has 2 N–H and O–H groups in total. The molecule has 0 saturated heterocycles. The second-order valence-corrected chi connectivity index (χ2v) is 8.10. The highest BCUT2D eigenvalue weighted by Gasteiger charge is 2.15. The maximum atomic E-state index is 12.4. The van der Waals surface area contributed by atoms with Crippen LogP contribution in [-0.4, -0.2) is 14.3 Å². The minimum Gasteiger partial charge on any atom is -0.468 e. The summed E-state index contributed by atoms with van der Waals surface area (Å²) in [4.78, 5) is 12.5. The van der Waals surface area contributed by atoms with E-state index in [4.69, 9.17) is 4.42 Å². The molecule has 0 aliphatic carbocycles. The van der Waals surface area contributed by atoms with Crippen molar-refractivity contribution >= 4 is 21.6 Å². The fourth-order valence-electron chi connectivity index (χ4n) is 2.69. The average molecular weight is 398 g/mol. The standard InChI is InChI=1S/C21H22N2O4S/c1-2-4-16-6-10-18(11-7-16)23-21(24)17-8-12-20(13-9-17)28(25,26)22-15-19-5-3-14-27-19/h3,5-14,22H,2,4,15H2,1H3,(H,23,24). The topological polar surface area (TPSA) is 88.4 Å². The Morgan fingerprint density at radius 3 is 2.32 bits per heavy atom. The molecular weight excluding hydrogens is 376 g/mol. The molecule has 1 aromatic heterocycles. The summed E-state index contributed by atoms with van der Waals surface area (Å²) in [6.07, 6.45) is 3.55. The number of carbonyl (C=O) groups excluding carboxylic acids is 1. The van der Waals surface area contributed by atoms with E-state index in [9.17, 15) is 13.2 Å². The predicted molar refractivity (Wildman–Crippen MR) is 108 cm³/mol. The van der Waals surface area contributed by atoms with Gasteiger partial charge in [-0.1, -0.05) is 25.5 Å². The van der Waals surface area contributed by atoms with Gasteiger partial charge in [-0.25, -0.2) is 13.1 Å². The van der Waals surface area contributed by atoms with Crippen molar-refractivity contribution in [1.29, 1.82) is 0 Å². The maximum Gasteiger partial charge on any atom is 0.255 e. The number of carbonyl (C=O) groups is 1. The maximum absolute atomic E-state index is 12.4. The van der Waals surface area contributed by atoms with E-state index in [-0.39, 0.29) is 17.3 Å². The fourth-order valence-corrected chi connectivity index (χ4v) is 3.69. The number of hydrogen-bond donors (Lipinski definition) is 2. The van der Waals surface area contributed by atoms with Crippen LogP contribution < -0.4 is 10.0 Å². The van der Waals surface area contributed by atoms with Crippen LogP contribution in [0.3, 0.4) is 0 Å². The minimum absolute atomic E-state index is 0.0611. The molecule has 7 heteroatoms. The molecule has 3 rings (SSSR count). The Hall–Kier alpha value is -2.90. The quantitative estimate of drug-likeness (QED) is 0.601. The number of amides is 1. The van der Waals surface area contributed by atoms with E-state index >= 15 is 0 Å². The van der Waals surface area contributed by atoms with E-state index in [1.54, 1.807) is 12.1 Å². The summed E-state index contributed by atoms with van der Waals surface area (Å²) in [6, 6.07) is 16.9. The summed E-state index contributed by atoms with van der Waals surface area (Å²) in [6.45, 7) is 2.18.